The van der Waals surface area contributed by atoms with E-state index in [0.717, 1.165) is 0 Å². The predicted molar refractivity (Wildman–Crippen MR) is 69.9 cm³/mol. The molecule has 19 heavy (non-hydrogen) atoms. The molecule has 7 nitrogen and oxygen atoms in total. The molecule has 0 unspecified atom stereocenters. The number of nitrogens with zero attached hydrogens (tertiary/aromatic N) is 3. The minimum absolute atomic E-state index is 0.152. The summed E-state index contributed by atoms with van der Waals surface area (Å²) in [4.78, 5) is 24.0. The van der Waals surface area contributed by atoms with Crippen molar-refractivity contribution in [3.05, 3.63) is 35.7 Å². The second kappa shape index (κ2) is 5.30. The number of carbonyl (C=O) groups excluding carboxylic acids is 1. The molecule has 0 saturated heterocycles. The number of hydrogen-bond acceptors (Lipinski definition) is 6. The van der Waals surface area contributed by atoms with Crippen molar-refractivity contribution in [2.45, 2.75) is 6.92 Å². The van der Waals surface area contributed by atoms with Gasteiger partial charge in [-0.05, 0) is 19.1 Å². The quantitative estimate of drug-likeness (QED) is 0.853. The number of nitrogens with one attached hydrogen (secondary N) is 1. The van der Waals surface area contributed by atoms with Gasteiger partial charge in [0.15, 0.2) is 0 Å². The summed E-state index contributed by atoms with van der Waals surface area (Å²) in [6.45, 7) is 1.78. The van der Waals surface area contributed by atoms with Crippen molar-refractivity contribution < 1.29 is 9.53 Å². The summed E-state index contributed by atoms with van der Waals surface area (Å²) in [5.41, 5.74) is 6.58. The first-order valence-electron chi connectivity index (χ1n) is 5.51. The van der Waals surface area contributed by atoms with E-state index in [9.17, 15) is 4.79 Å². The average Bonchev–Trinajstić information content (AvgIpc) is 2.38. The van der Waals surface area contributed by atoms with Crippen LogP contribution in [0.1, 0.15) is 16.1 Å². The fourth-order valence-electron chi connectivity index (χ4n) is 1.48. The van der Waals surface area contributed by atoms with Gasteiger partial charge in [-0.1, -0.05) is 0 Å². The number of carbonyl (C=O) groups is 1. The number of methoxy groups -OCH3 is 1. The summed E-state index contributed by atoms with van der Waals surface area (Å²) in [5.74, 6) is 0.268. The van der Waals surface area contributed by atoms with Gasteiger partial charge in [-0.2, -0.15) is 4.98 Å². The molecule has 2 heterocycles. The maximum Gasteiger partial charge on any atom is 0.261 e. The SMILES string of the molecule is COc1cc(C)nc(NC(=O)c2cccnc2N)n1. The molecule has 0 bridgehead atoms. The van der Waals surface area contributed by atoms with Gasteiger partial charge in [0.25, 0.3) is 5.91 Å². The molecule has 0 aromatic carbocycles. The van der Waals surface area contributed by atoms with Crippen LogP contribution in [0, 0.1) is 6.92 Å². The van der Waals surface area contributed by atoms with E-state index < -0.39 is 5.91 Å². The van der Waals surface area contributed by atoms with Crippen LogP contribution in [0.3, 0.4) is 0 Å². The number of hydrogen-bond donors (Lipinski definition) is 2. The molecule has 2 aromatic rings. The second-order valence-corrected chi connectivity index (χ2v) is 3.77. The first-order chi connectivity index (χ1) is 9.10. The summed E-state index contributed by atoms with van der Waals surface area (Å²) in [6.07, 6.45) is 1.51. The van der Waals surface area contributed by atoms with Gasteiger partial charge in [0, 0.05) is 18.0 Å². The molecule has 98 valence electrons. The van der Waals surface area contributed by atoms with Crippen LogP contribution in [0.25, 0.3) is 0 Å². The highest BCUT2D eigenvalue weighted by Crippen LogP contribution is 2.13. The largest absolute Gasteiger partial charge is 0.481 e. The van der Waals surface area contributed by atoms with Crippen LogP contribution in [0.2, 0.25) is 0 Å². The van der Waals surface area contributed by atoms with Crippen LogP contribution in [-0.4, -0.2) is 28.0 Å². The Balaban J connectivity index is 2.24. The van der Waals surface area contributed by atoms with Crippen molar-refractivity contribution in [3.8, 4) is 5.88 Å². The smallest absolute Gasteiger partial charge is 0.261 e. The van der Waals surface area contributed by atoms with Gasteiger partial charge < -0.3 is 10.5 Å². The molecule has 0 radical (unpaired) electrons. The van der Waals surface area contributed by atoms with E-state index in [4.69, 9.17) is 10.5 Å². The van der Waals surface area contributed by atoms with Gasteiger partial charge in [0.1, 0.15) is 5.82 Å². The van der Waals surface area contributed by atoms with E-state index >= 15 is 0 Å². The van der Waals surface area contributed by atoms with E-state index in [1.165, 1.54) is 13.3 Å². The first-order valence-corrected chi connectivity index (χ1v) is 5.51. The van der Waals surface area contributed by atoms with E-state index in [0.29, 0.717) is 11.6 Å². The lowest BCUT2D eigenvalue weighted by atomic mass is 10.2. The van der Waals surface area contributed by atoms with Crippen LogP contribution in [0.5, 0.6) is 5.88 Å². The Bertz CT molecular complexity index is 615. The molecule has 1 amide bonds. The van der Waals surface area contributed by atoms with Crippen molar-refractivity contribution >= 4 is 17.7 Å². The Kier molecular flexibility index (Phi) is 3.56. The maximum atomic E-state index is 12.0. The zero-order valence-corrected chi connectivity index (χ0v) is 10.5. The molecule has 0 fully saturated rings. The molecule has 0 aliphatic carbocycles. The number of pyridine rings is 1. The molecule has 0 aliphatic rings. The molecule has 7 heteroatoms. The number of aromatic nitrogens is 3. The molecule has 0 atom stereocenters. The van der Waals surface area contributed by atoms with Gasteiger partial charge in [-0.25, -0.2) is 9.97 Å². The molecule has 2 aromatic heterocycles. The Labute approximate surface area is 109 Å². The number of nitrogen functional groups attached to an aromatic ring is 1. The lowest BCUT2D eigenvalue weighted by Crippen LogP contribution is -2.17. The molecule has 2 rings (SSSR count). The lowest BCUT2D eigenvalue weighted by molar-refractivity contribution is 0.102. The summed E-state index contributed by atoms with van der Waals surface area (Å²) < 4.78 is 5.01. The highest BCUT2D eigenvalue weighted by Gasteiger charge is 2.12. The van der Waals surface area contributed by atoms with Crippen LogP contribution in [0.15, 0.2) is 24.4 Å². The summed E-state index contributed by atoms with van der Waals surface area (Å²) in [5, 5.41) is 2.55. The fraction of sp³-hybridized carbons (Fsp3) is 0.167. The second-order valence-electron chi connectivity index (χ2n) is 3.77. The van der Waals surface area contributed by atoms with Crippen molar-refractivity contribution in [1.82, 2.24) is 15.0 Å². The normalized spacial score (nSPS) is 10.0. The van der Waals surface area contributed by atoms with Crippen LogP contribution in [-0.2, 0) is 0 Å². The van der Waals surface area contributed by atoms with E-state index in [1.54, 1.807) is 25.1 Å². The Morgan fingerprint density at radius 2 is 2.21 bits per heavy atom. The van der Waals surface area contributed by atoms with E-state index in [2.05, 4.69) is 20.3 Å². The van der Waals surface area contributed by atoms with Crippen molar-refractivity contribution in [1.29, 1.82) is 0 Å². The molecular formula is C12H13N5O2. The molecule has 0 aliphatic heterocycles. The Hall–Kier alpha value is -2.70. The maximum absolute atomic E-state index is 12.0. The number of amides is 1. The highest BCUT2D eigenvalue weighted by atomic mass is 16.5. The van der Waals surface area contributed by atoms with Gasteiger partial charge >= 0.3 is 0 Å². The predicted octanol–water partition coefficient (Wildman–Crippen LogP) is 1.02. The topological polar surface area (TPSA) is 103 Å². The molecule has 3 N–H and O–H groups in total. The monoisotopic (exact) mass is 259 g/mol. The lowest BCUT2D eigenvalue weighted by Gasteiger charge is -2.07. The van der Waals surface area contributed by atoms with E-state index in [1.807, 2.05) is 0 Å². The number of anilines is 2. The fourth-order valence-corrected chi connectivity index (χ4v) is 1.48. The number of rotatable bonds is 3. The highest BCUT2D eigenvalue weighted by molar-refractivity contribution is 6.06. The third-order valence-electron chi connectivity index (χ3n) is 2.35. The van der Waals surface area contributed by atoms with Crippen LogP contribution < -0.4 is 15.8 Å². The van der Waals surface area contributed by atoms with Crippen LogP contribution >= 0.6 is 0 Å². The third kappa shape index (κ3) is 2.95. The van der Waals surface area contributed by atoms with Gasteiger partial charge in [0.05, 0.1) is 12.7 Å². The number of nitrogens with two attached hydrogens (primary N) is 1. The van der Waals surface area contributed by atoms with Crippen molar-refractivity contribution in [2.24, 2.45) is 0 Å². The summed E-state index contributed by atoms with van der Waals surface area (Å²) in [7, 11) is 1.49. The number of ether oxygens (including phenoxy) is 1. The third-order valence-corrected chi connectivity index (χ3v) is 2.35. The molecular weight excluding hydrogens is 246 g/mol. The zero-order valence-electron chi connectivity index (χ0n) is 10.5. The standard InChI is InChI=1S/C12H13N5O2/c1-7-6-9(19-2)16-12(15-7)17-11(18)8-4-3-5-14-10(8)13/h3-6H,1-2H3,(H2,13,14)(H,15,16,17,18). The van der Waals surface area contributed by atoms with Gasteiger partial charge in [0.2, 0.25) is 11.8 Å². The summed E-state index contributed by atoms with van der Waals surface area (Å²) in [6, 6.07) is 4.86. The van der Waals surface area contributed by atoms with Crippen molar-refractivity contribution in [3.63, 3.8) is 0 Å². The Morgan fingerprint density at radius 3 is 2.89 bits per heavy atom. The van der Waals surface area contributed by atoms with Crippen molar-refractivity contribution in [2.75, 3.05) is 18.2 Å². The summed E-state index contributed by atoms with van der Waals surface area (Å²) >= 11 is 0. The van der Waals surface area contributed by atoms with Gasteiger partial charge in [-0.3, -0.25) is 10.1 Å². The van der Waals surface area contributed by atoms with E-state index in [-0.39, 0.29) is 17.3 Å². The number of aryl methyl sites for hydroxylation is 1. The average molecular weight is 259 g/mol. The minimum atomic E-state index is -0.418. The molecule has 0 saturated carbocycles. The Morgan fingerprint density at radius 1 is 1.42 bits per heavy atom. The molecule has 0 spiro atoms. The van der Waals surface area contributed by atoms with Gasteiger partial charge in [-0.15, -0.1) is 0 Å². The van der Waals surface area contributed by atoms with Crippen LogP contribution in [0.4, 0.5) is 11.8 Å². The first kappa shape index (κ1) is 12.7. The minimum Gasteiger partial charge on any atom is -0.481 e. The zero-order chi connectivity index (χ0) is 13.8.